The molecule has 6 nitrogen and oxygen atoms in total. The molecule has 24 heavy (non-hydrogen) atoms. The van der Waals surface area contributed by atoms with Crippen molar-refractivity contribution >= 4 is 50.6 Å². The molecule has 2 heterocycles. The highest BCUT2D eigenvalue weighted by Gasteiger charge is 2.20. The Morgan fingerprint density at radius 1 is 1.42 bits per heavy atom. The van der Waals surface area contributed by atoms with Crippen molar-refractivity contribution in [3.8, 4) is 5.75 Å². The van der Waals surface area contributed by atoms with Gasteiger partial charge in [-0.2, -0.15) is 4.98 Å². The first-order chi connectivity index (χ1) is 11.5. The number of phenolic OH excluding ortho intramolecular Hbond substituents is 1. The number of halogens is 1. The summed E-state index contributed by atoms with van der Waals surface area (Å²) in [7, 11) is 0. The molecule has 1 aromatic carbocycles. The van der Waals surface area contributed by atoms with Gasteiger partial charge in [-0.15, -0.1) is 11.3 Å². The predicted molar refractivity (Wildman–Crippen MR) is 94.5 cm³/mol. The zero-order valence-corrected chi connectivity index (χ0v) is 14.5. The number of aromatic nitrogens is 2. The Bertz CT molecular complexity index is 926. The van der Waals surface area contributed by atoms with Crippen LogP contribution in [0, 0.1) is 6.92 Å². The number of ether oxygens (including phenoxy) is 1. The van der Waals surface area contributed by atoms with Crippen LogP contribution in [-0.2, 0) is 4.74 Å². The third-order valence-electron chi connectivity index (χ3n) is 3.31. The highest BCUT2D eigenvalue weighted by Crippen LogP contribution is 2.35. The van der Waals surface area contributed by atoms with Gasteiger partial charge in [0.1, 0.15) is 16.4 Å². The summed E-state index contributed by atoms with van der Waals surface area (Å²) < 4.78 is 5.07. The van der Waals surface area contributed by atoms with Crippen molar-refractivity contribution in [3.63, 3.8) is 0 Å². The maximum absolute atomic E-state index is 12.1. The van der Waals surface area contributed by atoms with Crippen molar-refractivity contribution < 1.29 is 14.6 Å². The van der Waals surface area contributed by atoms with E-state index in [-0.39, 0.29) is 17.6 Å². The number of aryl methyl sites for hydroxylation is 1. The van der Waals surface area contributed by atoms with Crippen LogP contribution < -0.4 is 5.32 Å². The molecule has 0 atom stereocenters. The number of aromatic hydroxyl groups is 1. The highest BCUT2D eigenvalue weighted by molar-refractivity contribution is 7.17. The molecule has 0 aliphatic carbocycles. The van der Waals surface area contributed by atoms with Crippen molar-refractivity contribution in [2.24, 2.45) is 0 Å². The minimum absolute atomic E-state index is 0.0504. The van der Waals surface area contributed by atoms with Crippen LogP contribution in [-0.4, -0.2) is 27.7 Å². The summed E-state index contributed by atoms with van der Waals surface area (Å²) >= 11 is 7.25. The van der Waals surface area contributed by atoms with Crippen molar-refractivity contribution in [3.05, 3.63) is 40.0 Å². The third-order valence-corrected chi connectivity index (χ3v) is 4.35. The standard InChI is InChI=1S/C16H14ClN3O3S/c1-3-23-15(22)9-7-24-14-12(9)13(19-16(17)20-14)18-10-6-8(2)4-5-11(10)21/h4-7,21H,3H2,1-2H3,(H,18,19,20). The summed E-state index contributed by atoms with van der Waals surface area (Å²) in [6, 6.07) is 5.14. The molecular weight excluding hydrogens is 350 g/mol. The van der Waals surface area contributed by atoms with Gasteiger partial charge >= 0.3 is 5.97 Å². The van der Waals surface area contributed by atoms with Crippen LogP contribution >= 0.6 is 22.9 Å². The number of rotatable bonds is 4. The van der Waals surface area contributed by atoms with E-state index in [4.69, 9.17) is 16.3 Å². The van der Waals surface area contributed by atoms with Crippen molar-refractivity contribution in [2.45, 2.75) is 13.8 Å². The van der Waals surface area contributed by atoms with Crippen LogP contribution in [0.3, 0.4) is 0 Å². The van der Waals surface area contributed by atoms with Crippen LogP contribution in [0.1, 0.15) is 22.8 Å². The van der Waals surface area contributed by atoms with Crippen LogP contribution in [0.5, 0.6) is 5.75 Å². The van der Waals surface area contributed by atoms with Gasteiger partial charge in [0.2, 0.25) is 5.28 Å². The van der Waals surface area contributed by atoms with E-state index in [2.05, 4.69) is 15.3 Å². The second-order valence-corrected chi connectivity index (χ2v) is 6.23. The Morgan fingerprint density at radius 3 is 2.96 bits per heavy atom. The molecule has 0 saturated heterocycles. The van der Waals surface area contributed by atoms with E-state index < -0.39 is 5.97 Å². The number of carbonyl (C=O) groups is 1. The van der Waals surface area contributed by atoms with Gasteiger partial charge in [-0.05, 0) is 43.1 Å². The molecule has 0 aliphatic heterocycles. The van der Waals surface area contributed by atoms with Gasteiger partial charge in [-0.25, -0.2) is 9.78 Å². The Kier molecular flexibility index (Phi) is 4.55. The first-order valence-corrected chi connectivity index (χ1v) is 8.44. The molecule has 2 aromatic heterocycles. The maximum atomic E-state index is 12.1. The predicted octanol–water partition coefficient (Wildman–Crippen LogP) is 4.28. The molecule has 0 unspecified atom stereocenters. The van der Waals surface area contributed by atoms with E-state index in [1.165, 1.54) is 11.3 Å². The first kappa shape index (κ1) is 16.5. The zero-order valence-electron chi connectivity index (χ0n) is 13.0. The first-order valence-electron chi connectivity index (χ1n) is 7.18. The molecule has 2 N–H and O–H groups in total. The fourth-order valence-corrected chi connectivity index (χ4v) is 3.37. The number of phenols is 1. The average Bonchev–Trinajstić information content (AvgIpc) is 2.95. The van der Waals surface area contributed by atoms with Gasteiger partial charge in [0.15, 0.2) is 0 Å². The number of thiophene rings is 1. The summed E-state index contributed by atoms with van der Waals surface area (Å²) in [6.07, 6.45) is 0. The lowest BCUT2D eigenvalue weighted by atomic mass is 10.2. The number of nitrogens with zero attached hydrogens (tertiary/aromatic N) is 2. The van der Waals surface area contributed by atoms with Gasteiger partial charge in [0.05, 0.1) is 23.2 Å². The lowest BCUT2D eigenvalue weighted by Crippen LogP contribution is -2.05. The number of carbonyl (C=O) groups excluding carboxylic acids is 1. The Labute approximate surface area is 147 Å². The van der Waals surface area contributed by atoms with Gasteiger partial charge in [-0.3, -0.25) is 0 Å². The summed E-state index contributed by atoms with van der Waals surface area (Å²) in [5, 5.41) is 15.3. The SMILES string of the molecule is CCOC(=O)c1csc2nc(Cl)nc(Nc3cc(C)ccc3O)c12. The smallest absolute Gasteiger partial charge is 0.339 e. The fraction of sp³-hybridized carbons (Fsp3) is 0.188. The summed E-state index contributed by atoms with van der Waals surface area (Å²) in [5.41, 5.74) is 1.79. The van der Waals surface area contributed by atoms with Crippen LogP contribution in [0.25, 0.3) is 10.2 Å². The number of nitrogens with one attached hydrogen (secondary N) is 1. The quantitative estimate of drug-likeness (QED) is 0.409. The Balaban J connectivity index is 2.14. The number of fused-ring (bicyclic) bond motifs is 1. The molecule has 3 aromatic rings. The zero-order chi connectivity index (χ0) is 17.3. The highest BCUT2D eigenvalue weighted by atomic mass is 35.5. The van der Waals surface area contributed by atoms with E-state index >= 15 is 0 Å². The van der Waals surface area contributed by atoms with Crippen LogP contribution in [0.2, 0.25) is 5.28 Å². The molecule has 0 radical (unpaired) electrons. The molecule has 8 heteroatoms. The molecule has 0 spiro atoms. The van der Waals surface area contributed by atoms with E-state index in [0.717, 1.165) is 5.56 Å². The maximum Gasteiger partial charge on any atom is 0.339 e. The minimum atomic E-state index is -0.453. The molecule has 0 fully saturated rings. The monoisotopic (exact) mass is 363 g/mol. The molecular formula is C16H14ClN3O3S. The molecule has 3 rings (SSSR count). The Morgan fingerprint density at radius 2 is 2.21 bits per heavy atom. The van der Waals surface area contributed by atoms with Gasteiger partial charge in [0, 0.05) is 5.38 Å². The van der Waals surface area contributed by atoms with E-state index in [9.17, 15) is 9.90 Å². The van der Waals surface area contributed by atoms with Crippen molar-refractivity contribution in [1.82, 2.24) is 9.97 Å². The third kappa shape index (κ3) is 3.13. The molecule has 124 valence electrons. The van der Waals surface area contributed by atoms with E-state index in [1.807, 2.05) is 6.92 Å². The average molecular weight is 364 g/mol. The number of esters is 1. The van der Waals surface area contributed by atoms with Gasteiger partial charge < -0.3 is 15.2 Å². The Hall–Kier alpha value is -2.38. The van der Waals surface area contributed by atoms with Crippen molar-refractivity contribution in [2.75, 3.05) is 11.9 Å². The molecule has 0 aliphatic rings. The molecule has 0 bridgehead atoms. The number of hydrogen-bond donors (Lipinski definition) is 2. The van der Waals surface area contributed by atoms with Gasteiger partial charge in [0.25, 0.3) is 0 Å². The van der Waals surface area contributed by atoms with E-state index in [1.54, 1.807) is 30.5 Å². The van der Waals surface area contributed by atoms with E-state index in [0.29, 0.717) is 27.3 Å². The van der Waals surface area contributed by atoms with Crippen LogP contribution in [0.4, 0.5) is 11.5 Å². The summed E-state index contributed by atoms with van der Waals surface area (Å²) in [4.78, 5) is 21.0. The lowest BCUT2D eigenvalue weighted by Gasteiger charge is -2.11. The van der Waals surface area contributed by atoms with Crippen molar-refractivity contribution in [1.29, 1.82) is 0 Å². The normalized spacial score (nSPS) is 10.8. The minimum Gasteiger partial charge on any atom is -0.506 e. The largest absolute Gasteiger partial charge is 0.506 e. The lowest BCUT2D eigenvalue weighted by molar-refractivity contribution is 0.0529. The fourth-order valence-electron chi connectivity index (χ4n) is 2.24. The molecule has 0 saturated carbocycles. The van der Waals surface area contributed by atoms with Gasteiger partial charge in [-0.1, -0.05) is 6.07 Å². The second kappa shape index (κ2) is 6.62. The number of benzene rings is 1. The second-order valence-electron chi connectivity index (χ2n) is 5.04. The summed E-state index contributed by atoms with van der Waals surface area (Å²) in [5.74, 6) is -0.0437. The number of hydrogen-bond acceptors (Lipinski definition) is 7. The topological polar surface area (TPSA) is 84.3 Å². The molecule has 0 amide bonds. The number of anilines is 2. The van der Waals surface area contributed by atoms with Crippen LogP contribution in [0.15, 0.2) is 23.6 Å². The summed E-state index contributed by atoms with van der Waals surface area (Å²) in [6.45, 7) is 3.91.